The molecule has 5 heteroatoms. The number of aryl methyl sites for hydroxylation is 3. The molecule has 1 aliphatic rings. The highest BCUT2D eigenvalue weighted by atomic mass is 15.4. The number of H-pyrrole nitrogens is 1. The lowest BCUT2D eigenvalue weighted by molar-refractivity contribution is 0.328. The summed E-state index contributed by atoms with van der Waals surface area (Å²) in [5, 5.41) is 4.61. The van der Waals surface area contributed by atoms with Gasteiger partial charge in [-0.05, 0) is 62.9 Å². The van der Waals surface area contributed by atoms with E-state index in [-0.39, 0.29) is 6.29 Å². The second-order valence-corrected chi connectivity index (χ2v) is 8.27. The van der Waals surface area contributed by atoms with Crippen molar-refractivity contribution in [1.29, 1.82) is 0 Å². The van der Waals surface area contributed by atoms with Crippen molar-refractivity contribution < 1.29 is 0 Å². The molecular weight excluding hydrogens is 370 g/mol. The van der Waals surface area contributed by atoms with Gasteiger partial charge in [-0.15, -0.1) is 0 Å². The minimum atomic E-state index is -0.305. The van der Waals surface area contributed by atoms with Gasteiger partial charge in [0.05, 0.1) is 5.70 Å². The fourth-order valence-corrected chi connectivity index (χ4v) is 4.17. The van der Waals surface area contributed by atoms with E-state index in [0.29, 0.717) is 6.54 Å². The van der Waals surface area contributed by atoms with E-state index in [0.717, 1.165) is 18.0 Å². The molecule has 0 fully saturated rings. The molecule has 0 aliphatic carbocycles. The van der Waals surface area contributed by atoms with E-state index in [1.54, 1.807) is 0 Å². The Kier molecular flexibility index (Phi) is 5.39. The number of nitrogens with two attached hydrogens (primary N) is 1. The van der Waals surface area contributed by atoms with Gasteiger partial charge < -0.3 is 15.2 Å². The van der Waals surface area contributed by atoms with Crippen LogP contribution in [0.1, 0.15) is 33.5 Å². The van der Waals surface area contributed by atoms with E-state index >= 15 is 0 Å². The molecule has 2 heterocycles. The third kappa shape index (κ3) is 3.73. The number of hydrogen-bond donors (Lipinski definition) is 3. The summed E-state index contributed by atoms with van der Waals surface area (Å²) < 4.78 is 0. The smallest absolute Gasteiger partial charge is 0.153 e. The van der Waals surface area contributed by atoms with Gasteiger partial charge in [-0.25, -0.2) is 0 Å². The minimum Gasteiger partial charge on any atom is -0.358 e. The average molecular weight is 402 g/mol. The Labute approximate surface area is 178 Å². The van der Waals surface area contributed by atoms with E-state index in [9.17, 15) is 0 Å². The van der Waals surface area contributed by atoms with Crippen LogP contribution in [-0.2, 0) is 6.42 Å². The molecule has 4 N–H and O–H groups in total. The highest BCUT2D eigenvalue weighted by molar-refractivity contribution is 6.01. The molecule has 0 saturated carbocycles. The standard InChI is InChI=1S/C25H31N5/c1-15-9-10-22-21(13-15)20(18(4)28-22)11-12-27-24-14-23(30(5)25(26)29-24)19-8-6-7-16(2)17(19)3/h6-10,13-14,25,28H,11-12,26H2,1-5H3,(H,27,29). The Morgan fingerprint density at radius 3 is 2.70 bits per heavy atom. The summed E-state index contributed by atoms with van der Waals surface area (Å²) in [6, 6.07) is 12.9. The highest BCUT2D eigenvalue weighted by Gasteiger charge is 2.22. The van der Waals surface area contributed by atoms with Crippen molar-refractivity contribution in [2.45, 2.75) is 40.4 Å². The van der Waals surface area contributed by atoms with Gasteiger partial charge in [0.2, 0.25) is 0 Å². The van der Waals surface area contributed by atoms with Crippen LogP contribution in [0.3, 0.4) is 0 Å². The third-order valence-corrected chi connectivity index (χ3v) is 6.17. The van der Waals surface area contributed by atoms with E-state index in [2.05, 4.69) is 85.4 Å². The van der Waals surface area contributed by atoms with E-state index in [1.165, 1.54) is 44.4 Å². The van der Waals surface area contributed by atoms with Gasteiger partial charge in [0, 0.05) is 41.8 Å². The first-order valence-corrected chi connectivity index (χ1v) is 10.5. The molecule has 30 heavy (non-hydrogen) atoms. The first kappa shape index (κ1) is 20.2. The lowest BCUT2D eigenvalue weighted by Crippen LogP contribution is -2.54. The highest BCUT2D eigenvalue weighted by Crippen LogP contribution is 2.27. The second kappa shape index (κ2) is 8.00. The molecule has 1 unspecified atom stereocenters. The summed E-state index contributed by atoms with van der Waals surface area (Å²) in [6.07, 6.45) is 2.69. The molecular formula is C25H31N5. The zero-order chi connectivity index (χ0) is 21.4. The number of nitrogens with zero attached hydrogens (tertiary/aromatic N) is 2. The molecule has 4 rings (SSSR count). The van der Waals surface area contributed by atoms with Crippen LogP contribution in [0.5, 0.6) is 0 Å². The lowest BCUT2D eigenvalue weighted by atomic mass is 9.99. The summed E-state index contributed by atoms with van der Waals surface area (Å²) in [5.41, 5.74) is 16.2. The molecule has 156 valence electrons. The first-order valence-electron chi connectivity index (χ1n) is 10.5. The van der Waals surface area contributed by atoms with Gasteiger partial charge in [0.25, 0.3) is 0 Å². The van der Waals surface area contributed by atoms with Crippen LogP contribution >= 0.6 is 0 Å². The number of amidine groups is 1. The maximum atomic E-state index is 6.35. The fraction of sp³-hybridized carbons (Fsp3) is 0.320. The lowest BCUT2D eigenvalue weighted by Gasteiger charge is -2.35. The van der Waals surface area contributed by atoms with Crippen molar-refractivity contribution in [2.24, 2.45) is 10.7 Å². The molecule has 2 aromatic carbocycles. The topological polar surface area (TPSA) is 69.4 Å². The molecule has 1 atom stereocenters. The third-order valence-electron chi connectivity index (χ3n) is 6.17. The van der Waals surface area contributed by atoms with Crippen LogP contribution in [0.2, 0.25) is 0 Å². The Bertz CT molecular complexity index is 1150. The quantitative estimate of drug-likeness (QED) is 0.615. The Balaban J connectivity index is 1.61. The van der Waals surface area contributed by atoms with Crippen LogP contribution in [0.25, 0.3) is 16.6 Å². The minimum absolute atomic E-state index is 0.305. The number of rotatable bonds is 4. The predicted molar refractivity (Wildman–Crippen MR) is 127 cm³/mol. The fourth-order valence-electron chi connectivity index (χ4n) is 4.17. The maximum absolute atomic E-state index is 6.35. The van der Waals surface area contributed by atoms with Crippen molar-refractivity contribution in [3.05, 3.63) is 76.0 Å². The Morgan fingerprint density at radius 1 is 1.10 bits per heavy atom. The van der Waals surface area contributed by atoms with Crippen molar-refractivity contribution >= 4 is 22.4 Å². The molecule has 0 amide bonds. The van der Waals surface area contributed by atoms with Gasteiger partial charge in [-0.2, -0.15) is 0 Å². The summed E-state index contributed by atoms with van der Waals surface area (Å²) >= 11 is 0. The number of aliphatic imine (C=N–C) groups is 1. The summed E-state index contributed by atoms with van der Waals surface area (Å²) in [5.74, 6) is 0.838. The normalized spacial score (nSPS) is 18.1. The van der Waals surface area contributed by atoms with Crippen LogP contribution in [0.4, 0.5) is 0 Å². The second-order valence-electron chi connectivity index (χ2n) is 8.27. The van der Waals surface area contributed by atoms with Crippen LogP contribution in [0.15, 0.2) is 47.5 Å². The Hall–Kier alpha value is -3.05. The van der Waals surface area contributed by atoms with Crippen molar-refractivity contribution in [1.82, 2.24) is 15.2 Å². The predicted octanol–water partition coefficient (Wildman–Crippen LogP) is 4.16. The Morgan fingerprint density at radius 2 is 1.90 bits per heavy atom. The van der Waals surface area contributed by atoms with Crippen molar-refractivity contribution in [2.75, 3.05) is 13.6 Å². The first-order chi connectivity index (χ1) is 14.3. The van der Waals surface area contributed by atoms with E-state index < -0.39 is 0 Å². The van der Waals surface area contributed by atoms with E-state index in [1.807, 2.05) is 7.05 Å². The number of fused-ring (bicyclic) bond motifs is 1. The molecule has 3 aromatic rings. The van der Waals surface area contributed by atoms with Gasteiger partial charge >= 0.3 is 0 Å². The monoisotopic (exact) mass is 401 g/mol. The summed E-state index contributed by atoms with van der Waals surface area (Å²) in [6.45, 7) is 9.28. The number of hydrogen-bond acceptors (Lipinski definition) is 3. The van der Waals surface area contributed by atoms with Gasteiger partial charge in [-0.1, -0.05) is 29.8 Å². The van der Waals surface area contributed by atoms with Gasteiger partial charge in [0.1, 0.15) is 5.84 Å². The SMILES string of the molecule is Cc1ccc2[nH]c(C)c(CCN=C3C=C(c4cccc(C)c4C)N(C)C(N)N3)c2c1. The number of aromatic nitrogens is 1. The maximum Gasteiger partial charge on any atom is 0.153 e. The molecule has 0 radical (unpaired) electrons. The van der Waals surface area contributed by atoms with Crippen LogP contribution in [0, 0.1) is 27.7 Å². The number of aromatic amines is 1. The average Bonchev–Trinajstić information content (AvgIpc) is 3.01. The molecule has 0 saturated heterocycles. The zero-order valence-electron chi connectivity index (χ0n) is 18.5. The van der Waals surface area contributed by atoms with E-state index in [4.69, 9.17) is 10.7 Å². The number of nitrogens with one attached hydrogen (secondary N) is 2. The zero-order valence-corrected chi connectivity index (χ0v) is 18.5. The largest absolute Gasteiger partial charge is 0.358 e. The van der Waals surface area contributed by atoms with Crippen molar-refractivity contribution in [3.8, 4) is 0 Å². The van der Waals surface area contributed by atoms with Crippen LogP contribution < -0.4 is 11.1 Å². The summed E-state index contributed by atoms with van der Waals surface area (Å²) in [7, 11) is 2.01. The molecule has 0 spiro atoms. The van der Waals surface area contributed by atoms with Crippen molar-refractivity contribution in [3.63, 3.8) is 0 Å². The number of benzene rings is 2. The van der Waals surface area contributed by atoms with Gasteiger partial charge in [-0.3, -0.25) is 10.7 Å². The van der Waals surface area contributed by atoms with Crippen LogP contribution in [-0.4, -0.2) is 35.6 Å². The van der Waals surface area contributed by atoms with Gasteiger partial charge in [0.15, 0.2) is 6.29 Å². The summed E-state index contributed by atoms with van der Waals surface area (Å²) in [4.78, 5) is 10.4. The molecule has 0 bridgehead atoms. The molecule has 1 aromatic heterocycles. The molecule has 1 aliphatic heterocycles. The molecule has 5 nitrogen and oxygen atoms in total.